The fraction of sp³-hybridized carbons (Fsp3) is 0.357. The first-order valence-electron chi connectivity index (χ1n) is 6.85. The molecule has 0 fully saturated rings. The molecular weight excluding hydrogens is 353 g/mol. The van der Waals surface area contributed by atoms with E-state index >= 15 is 0 Å². The molecule has 25 heavy (non-hydrogen) atoms. The highest BCUT2D eigenvalue weighted by Crippen LogP contribution is 2.29. The first-order valence-corrected chi connectivity index (χ1v) is 6.85. The van der Waals surface area contributed by atoms with Gasteiger partial charge >= 0.3 is 18.7 Å². The first-order chi connectivity index (χ1) is 11.7. The lowest BCUT2D eigenvalue weighted by atomic mass is 10.1. The van der Waals surface area contributed by atoms with Gasteiger partial charge in [0.05, 0.1) is 6.61 Å². The van der Waals surface area contributed by atoms with Crippen LogP contribution in [0.15, 0.2) is 28.8 Å². The summed E-state index contributed by atoms with van der Waals surface area (Å²) in [4.78, 5) is 16.5. The van der Waals surface area contributed by atoms with E-state index in [1.165, 1.54) is 36.2 Å². The van der Waals surface area contributed by atoms with Crippen molar-refractivity contribution in [1.82, 2.24) is 15.0 Å². The fourth-order valence-corrected chi connectivity index (χ4v) is 1.82. The van der Waals surface area contributed by atoms with Crippen molar-refractivity contribution in [2.45, 2.75) is 12.8 Å². The molecule has 6 nitrogen and oxygen atoms in total. The van der Waals surface area contributed by atoms with E-state index < -0.39 is 24.6 Å². The van der Waals surface area contributed by atoms with Gasteiger partial charge in [-0.3, -0.25) is 4.79 Å². The van der Waals surface area contributed by atoms with Crippen molar-refractivity contribution in [1.29, 1.82) is 0 Å². The Labute approximate surface area is 138 Å². The molecule has 0 unspecified atom stereocenters. The van der Waals surface area contributed by atoms with Gasteiger partial charge in [0.15, 0.2) is 0 Å². The maximum absolute atomic E-state index is 12.4. The van der Waals surface area contributed by atoms with E-state index in [0.29, 0.717) is 0 Å². The number of nitrogens with zero attached hydrogens (tertiary/aromatic N) is 3. The minimum Gasteiger partial charge on any atom is -0.339 e. The molecule has 0 radical (unpaired) electrons. The van der Waals surface area contributed by atoms with E-state index in [1.54, 1.807) is 0 Å². The number of carbonyl (C=O) groups is 1. The van der Waals surface area contributed by atoms with Crippen molar-refractivity contribution >= 4 is 5.91 Å². The highest BCUT2D eigenvalue weighted by molar-refractivity contribution is 5.94. The number of benzene rings is 1. The normalized spacial score (nSPS) is 11.8. The summed E-state index contributed by atoms with van der Waals surface area (Å²) in [6.45, 7) is -3.30. The van der Waals surface area contributed by atoms with Gasteiger partial charge in [-0.25, -0.2) is 0 Å². The number of alkyl halides is 5. The number of ether oxygens (including phenoxy) is 1. The molecule has 0 atom stereocenters. The van der Waals surface area contributed by atoms with E-state index in [-0.39, 0.29) is 30.1 Å². The molecule has 1 aromatic heterocycles. The Hall–Kier alpha value is -2.56. The Morgan fingerprint density at radius 1 is 1.28 bits per heavy atom. The molecule has 0 aliphatic carbocycles. The number of hydrogen-bond donors (Lipinski definition) is 0. The van der Waals surface area contributed by atoms with E-state index in [4.69, 9.17) is 0 Å². The monoisotopic (exact) mass is 365 g/mol. The van der Waals surface area contributed by atoms with Crippen LogP contribution >= 0.6 is 0 Å². The summed E-state index contributed by atoms with van der Waals surface area (Å²) in [5.41, 5.74) is 0.433. The average molecular weight is 365 g/mol. The third kappa shape index (κ3) is 4.95. The number of amides is 1. The summed E-state index contributed by atoms with van der Waals surface area (Å²) in [5, 5.41) is 3.23. The predicted molar refractivity (Wildman–Crippen MR) is 73.7 cm³/mol. The quantitative estimate of drug-likeness (QED) is 0.736. The molecule has 2 aromatic rings. The zero-order chi connectivity index (χ0) is 18.6. The van der Waals surface area contributed by atoms with Crippen LogP contribution in [0.25, 0.3) is 11.4 Å². The summed E-state index contributed by atoms with van der Waals surface area (Å²) >= 11 is 0. The first kappa shape index (κ1) is 18.8. The van der Waals surface area contributed by atoms with Crippen LogP contribution < -0.4 is 0 Å². The Balaban J connectivity index is 2.04. The molecule has 1 amide bonds. The lowest BCUT2D eigenvalue weighted by Gasteiger charge is -2.17. The third-order valence-corrected chi connectivity index (χ3v) is 3.08. The molecular formula is C14H12F5N3O3. The lowest BCUT2D eigenvalue weighted by molar-refractivity contribution is -0.159. The fourth-order valence-electron chi connectivity index (χ4n) is 1.82. The second-order valence-electron chi connectivity index (χ2n) is 4.86. The van der Waals surface area contributed by atoms with Crippen LogP contribution in [0.2, 0.25) is 0 Å². The molecule has 1 aromatic carbocycles. The maximum atomic E-state index is 12.4. The Morgan fingerprint density at radius 3 is 2.44 bits per heavy atom. The number of likely N-dealkylation sites (N-methyl/N-ethyl adjacent to an activating group) is 1. The number of halogens is 5. The largest absolute Gasteiger partial charge is 0.471 e. The summed E-state index contributed by atoms with van der Waals surface area (Å²) in [7, 11) is 1.40. The smallest absolute Gasteiger partial charge is 0.339 e. The minimum atomic E-state index is -4.75. The van der Waals surface area contributed by atoms with Gasteiger partial charge in [-0.15, -0.1) is 0 Å². The highest BCUT2D eigenvalue weighted by Gasteiger charge is 2.38. The van der Waals surface area contributed by atoms with Gasteiger partial charge in [0.2, 0.25) is 5.82 Å². The van der Waals surface area contributed by atoms with Crippen molar-refractivity contribution < 1.29 is 36.0 Å². The Bertz CT molecular complexity index is 715. The maximum Gasteiger partial charge on any atom is 0.471 e. The number of carbonyl (C=O) groups excluding carboxylic acids is 1. The van der Waals surface area contributed by atoms with E-state index in [9.17, 15) is 26.7 Å². The molecule has 11 heteroatoms. The van der Waals surface area contributed by atoms with Gasteiger partial charge in [-0.05, 0) is 12.1 Å². The van der Waals surface area contributed by atoms with E-state index in [0.717, 1.165) is 0 Å². The van der Waals surface area contributed by atoms with Crippen LogP contribution in [-0.4, -0.2) is 47.8 Å². The van der Waals surface area contributed by atoms with Crippen LogP contribution in [0.5, 0.6) is 0 Å². The van der Waals surface area contributed by atoms with Crippen molar-refractivity contribution in [2.75, 3.05) is 20.2 Å². The summed E-state index contributed by atoms with van der Waals surface area (Å²) in [6.07, 6.45) is -4.75. The van der Waals surface area contributed by atoms with Gasteiger partial charge in [0.1, 0.15) is 0 Å². The molecule has 136 valence electrons. The Morgan fingerprint density at radius 2 is 1.92 bits per heavy atom. The Kier molecular flexibility index (Phi) is 5.67. The SMILES string of the molecule is CN(CCOC(F)F)C(=O)c1ccc(-c2noc(C(F)(F)F)n2)cc1. The second-order valence-corrected chi connectivity index (χ2v) is 4.86. The number of hydrogen-bond acceptors (Lipinski definition) is 5. The van der Waals surface area contributed by atoms with Crippen LogP contribution in [-0.2, 0) is 10.9 Å². The number of aromatic nitrogens is 2. The molecule has 0 saturated carbocycles. The highest BCUT2D eigenvalue weighted by atomic mass is 19.4. The number of rotatable bonds is 6. The van der Waals surface area contributed by atoms with Crippen molar-refractivity contribution in [2.24, 2.45) is 0 Å². The molecule has 0 aliphatic rings. The van der Waals surface area contributed by atoms with Crippen molar-refractivity contribution in [3.63, 3.8) is 0 Å². The zero-order valence-corrected chi connectivity index (χ0v) is 12.8. The molecule has 1 heterocycles. The van der Waals surface area contributed by atoms with E-state index in [2.05, 4.69) is 19.4 Å². The molecule has 0 aliphatic heterocycles. The second kappa shape index (κ2) is 7.55. The standard InChI is InChI=1S/C14H12F5N3O3/c1-22(6-7-24-13(15)16)11(23)9-4-2-8(3-5-9)10-20-12(25-21-10)14(17,18)19/h2-5,13H,6-7H2,1H3. The molecule has 0 saturated heterocycles. The summed E-state index contributed by atoms with van der Waals surface area (Å²) in [5.74, 6) is -2.21. The molecule has 2 rings (SSSR count). The summed E-state index contributed by atoms with van der Waals surface area (Å²) in [6, 6.07) is 5.40. The summed E-state index contributed by atoms with van der Waals surface area (Å²) < 4.78 is 69.2. The van der Waals surface area contributed by atoms with Gasteiger partial charge in [-0.2, -0.15) is 26.9 Å². The predicted octanol–water partition coefficient (Wildman–Crippen LogP) is 3.07. The van der Waals surface area contributed by atoms with Crippen LogP contribution in [0.3, 0.4) is 0 Å². The minimum absolute atomic E-state index is 0.0509. The molecule has 0 bridgehead atoms. The van der Waals surface area contributed by atoms with Gasteiger partial charge in [0, 0.05) is 24.7 Å². The van der Waals surface area contributed by atoms with Crippen LogP contribution in [0.1, 0.15) is 16.2 Å². The van der Waals surface area contributed by atoms with Gasteiger partial charge < -0.3 is 14.2 Å². The topological polar surface area (TPSA) is 68.5 Å². The lowest BCUT2D eigenvalue weighted by Crippen LogP contribution is -2.30. The van der Waals surface area contributed by atoms with Crippen LogP contribution in [0, 0.1) is 0 Å². The average Bonchev–Trinajstić information content (AvgIpc) is 3.04. The third-order valence-electron chi connectivity index (χ3n) is 3.08. The molecule has 0 spiro atoms. The van der Waals surface area contributed by atoms with E-state index in [1.807, 2.05) is 0 Å². The van der Waals surface area contributed by atoms with Crippen molar-refractivity contribution in [3.05, 3.63) is 35.7 Å². The zero-order valence-electron chi connectivity index (χ0n) is 12.8. The van der Waals surface area contributed by atoms with Gasteiger partial charge in [-0.1, -0.05) is 17.3 Å². The van der Waals surface area contributed by atoms with Gasteiger partial charge in [0.25, 0.3) is 5.91 Å². The molecule has 0 N–H and O–H groups in total. The van der Waals surface area contributed by atoms with Crippen molar-refractivity contribution in [3.8, 4) is 11.4 Å². The van der Waals surface area contributed by atoms with Crippen LogP contribution in [0.4, 0.5) is 22.0 Å².